The van der Waals surface area contributed by atoms with E-state index in [0.717, 1.165) is 12.3 Å². The lowest BCUT2D eigenvalue weighted by atomic mass is 10.0. The van der Waals surface area contributed by atoms with Gasteiger partial charge in [0.25, 0.3) is 0 Å². The Hall–Kier alpha value is -0.220. The van der Waals surface area contributed by atoms with E-state index < -0.39 is 5.97 Å². The monoisotopic (exact) mass is 191 g/mol. The highest BCUT2D eigenvalue weighted by atomic mass is 32.2. The van der Waals surface area contributed by atoms with Gasteiger partial charge in [0.05, 0.1) is 5.92 Å². The van der Waals surface area contributed by atoms with Crippen LogP contribution < -0.4 is 5.32 Å². The molecule has 4 heteroatoms. The van der Waals surface area contributed by atoms with Gasteiger partial charge in [0, 0.05) is 18.3 Å². The molecule has 0 aliphatic carbocycles. The highest BCUT2D eigenvalue weighted by molar-refractivity contribution is 7.98. The van der Waals surface area contributed by atoms with Crippen molar-refractivity contribution in [1.29, 1.82) is 0 Å². The second-order valence-electron chi connectivity index (χ2n) is 2.86. The number of thioether (sulfide) groups is 1. The predicted molar refractivity (Wildman–Crippen MR) is 52.6 cm³/mol. The first kappa shape index (κ1) is 11.8. The molecular weight excluding hydrogens is 174 g/mol. The molecule has 0 rings (SSSR count). The number of carbonyl (C=O) groups is 1. The van der Waals surface area contributed by atoms with Gasteiger partial charge in [-0.15, -0.1) is 0 Å². The van der Waals surface area contributed by atoms with Crippen LogP contribution in [0.5, 0.6) is 0 Å². The molecule has 72 valence electrons. The lowest BCUT2D eigenvalue weighted by Gasteiger charge is -2.17. The van der Waals surface area contributed by atoms with Crippen molar-refractivity contribution in [2.75, 3.05) is 18.6 Å². The zero-order valence-corrected chi connectivity index (χ0v) is 8.65. The Labute approximate surface area is 77.9 Å². The molecule has 3 nitrogen and oxygen atoms in total. The second kappa shape index (κ2) is 6.31. The number of rotatable bonds is 6. The standard InChI is InChI=1S/C8H17NO2S/c1-6(8(10)11)7(2)9-4-5-12-3/h6-7,9H,4-5H2,1-3H3,(H,10,11). The van der Waals surface area contributed by atoms with Crippen molar-refractivity contribution < 1.29 is 9.90 Å². The first-order valence-electron chi connectivity index (χ1n) is 4.04. The largest absolute Gasteiger partial charge is 0.481 e. The number of hydrogen-bond donors (Lipinski definition) is 2. The molecule has 0 amide bonds. The summed E-state index contributed by atoms with van der Waals surface area (Å²) in [6, 6.07) is 0.0506. The summed E-state index contributed by atoms with van der Waals surface area (Å²) in [5.74, 6) is -0.0255. The third kappa shape index (κ3) is 4.62. The van der Waals surface area contributed by atoms with E-state index in [9.17, 15) is 4.79 Å². The van der Waals surface area contributed by atoms with Crippen LogP contribution in [0.3, 0.4) is 0 Å². The quantitative estimate of drug-likeness (QED) is 0.616. The van der Waals surface area contributed by atoms with Crippen molar-refractivity contribution in [1.82, 2.24) is 5.32 Å². The highest BCUT2D eigenvalue weighted by Gasteiger charge is 2.17. The maximum Gasteiger partial charge on any atom is 0.307 e. The van der Waals surface area contributed by atoms with Crippen molar-refractivity contribution in [2.45, 2.75) is 19.9 Å². The van der Waals surface area contributed by atoms with E-state index in [1.165, 1.54) is 0 Å². The van der Waals surface area contributed by atoms with Gasteiger partial charge in [-0.3, -0.25) is 4.79 Å². The van der Waals surface area contributed by atoms with Gasteiger partial charge in [-0.05, 0) is 13.2 Å². The van der Waals surface area contributed by atoms with Crippen LogP contribution in [-0.2, 0) is 4.79 Å². The molecule has 2 atom stereocenters. The lowest BCUT2D eigenvalue weighted by Crippen LogP contribution is -2.37. The van der Waals surface area contributed by atoms with Crippen molar-refractivity contribution in [2.24, 2.45) is 5.92 Å². The lowest BCUT2D eigenvalue weighted by molar-refractivity contribution is -0.141. The zero-order valence-electron chi connectivity index (χ0n) is 7.83. The molecule has 0 aliphatic rings. The summed E-state index contributed by atoms with van der Waals surface area (Å²) < 4.78 is 0. The molecule has 0 aliphatic heterocycles. The number of carboxylic acids is 1. The molecule has 0 bridgehead atoms. The normalized spacial score (nSPS) is 15.6. The fourth-order valence-corrected chi connectivity index (χ4v) is 1.10. The topological polar surface area (TPSA) is 49.3 Å². The van der Waals surface area contributed by atoms with Crippen molar-refractivity contribution in [3.63, 3.8) is 0 Å². The predicted octanol–water partition coefficient (Wildman–Crippen LogP) is 1.05. The van der Waals surface area contributed by atoms with Gasteiger partial charge in [-0.25, -0.2) is 0 Å². The van der Waals surface area contributed by atoms with Crippen molar-refractivity contribution in [3.05, 3.63) is 0 Å². The van der Waals surface area contributed by atoms with Crippen molar-refractivity contribution in [3.8, 4) is 0 Å². The smallest absolute Gasteiger partial charge is 0.307 e. The summed E-state index contributed by atoms with van der Waals surface area (Å²) in [4.78, 5) is 10.5. The molecule has 0 spiro atoms. The molecule has 0 aromatic carbocycles. The molecule has 0 radical (unpaired) electrons. The van der Waals surface area contributed by atoms with Crippen LogP contribution in [0.25, 0.3) is 0 Å². The van der Waals surface area contributed by atoms with Crippen molar-refractivity contribution >= 4 is 17.7 Å². The molecule has 0 saturated heterocycles. The molecule has 0 fully saturated rings. The molecule has 0 aromatic rings. The Morgan fingerprint density at radius 2 is 2.17 bits per heavy atom. The highest BCUT2D eigenvalue weighted by Crippen LogP contribution is 2.02. The Balaban J connectivity index is 3.56. The Bertz CT molecular complexity index is 141. The average molecular weight is 191 g/mol. The third-order valence-corrected chi connectivity index (χ3v) is 2.52. The van der Waals surface area contributed by atoms with Gasteiger partial charge in [0.1, 0.15) is 0 Å². The molecule has 0 heterocycles. The zero-order chi connectivity index (χ0) is 9.56. The van der Waals surface area contributed by atoms with Gasteiger partial charge >= 0.3 is 5.97 Å². The minimum absolute atomic E-state index is 0.0506. The number of hydrogen-bond acceptors (Lipinski definition) is 3. The van der Waals surface area contributed by atoms with Gasteiger partial charge < -0.3 is 10.4 Å². The maximum absolute atomic E-state index is 10.5. The van der Waals surface area contributed by atoms with Gasteiger partial charge in [-0.1, -0.05) is 6.92 Å². The van der Waals surface area contributed by atoms with E-state index in [0.29, 0.717) is 0 Å². The summed E-state index contributed by atoms with van der Waals surface area (Å²) in [6.07, 6.45) is 2.03. The summed E-state index contributed by atoms with van der Waals surface area (Å²) in [6.45, 7) is 4.50. The first-order valence-corrected chi connectivity index (χ1v) is 5.44. The van der Waals surface area contributed by atoms with E-state index in [1.807, 2.05) is 13.2 Å². The van der Waals surface area contributed by atoms with Crippen LogP contribution in [0.4, 0.5) is 0 Å². The van der Waals surface area contributed by atoms with E-state index in [2.05, 4.69) is 5.32 Å². The summed E-state index contributed by atoms with van der Waals surface area (Å²) in [5, 5.41) is 11.8. The fraction of sp³-hybridized carbons (Fsp3) is 0.875. The van der Waals surface area contributed by atoms with Crippen LogP contribution in [0.15, 0.2) is 0 Å². The average Bonchev–Trinajstić information content (AvgIpc) is 2.03. The van der Waals surface area contributed by atoms with E-state index in [1.54, 1.807) is 18.7 Å². The molecule has 0 aromatic heterocycles. The van der Waals surface area contributed by atoms with E-state index >= 15 is 0 Å². The number of carboxylic acid groups (broad SMARTS) is 1. The van der Waals surface area contributed by atoms with E-state index in [4.69, 9.17) is 5.11 Å². The van der Waals surface area contributed by atoms with Gasteiger partial charge in [-0.2, -0.15) is 11.8 Å². The maximum atomic E-state index is 10.5. The summed E-state index contributed by atoms with van der Waals surface area (Å²) in [7, 11) is 0. The second-order valence-corrected chi connectivity index (χ2v) is 3.85. The number of nitrogens with one attached hydrogen (secondary N) is 1. The third-order valence-electron chi connectivity index (χ3n) is 1.91. The Morgan fingerprint density at radius 3 is 2.58 bits per heavy atom. The molecule has 2 N–H and O–H groups in total. The minimum Gasteiger partial charge on any atom is -0.481 e. The fourth-order valence-electron chi connectivity index (χ4n) is 0.779. The summed E-state index contributed by atoms with van der Waals surface area (Å²) in [5.41, 5.74) is 0. The van der Waals surface area contributed by atoms with Gasteiger partial charge in [0.15, 0.2) is 0 Å². The molecule has 0 saturated carbocycles. The molecule has 2 unspecified atom stereocenters. The molecule has 12 heavy (non-hydrogen) atoms. The van der Waals surface area contributed by atoms with Gasteiger partial charge in [0.2, 0.25) is 0 Å². The number of aliphatic carboxylic acids is 1. The summed E-state index contributed by atoms with van der Waals surface area (Å²) >= 11 is 1.75. The molecular formula is C8H17NO2S. The minimum atomic E-state index is -0.737. The Kier molecular flexibility index (Phi) is 6.20. The van der Waals surface area contributed by atoms with Crippen LogP contribution in [-0.4, -0.2) is 35.7 Å². The van der Waals surface area contributed by atoms with Crippen LogP contribution in [0.1, 0.15) is 13.8 Å². The van der Waals surface area contributed by atoms with Crippen LogP contribution in [0, 0.1) is 5.92 Å². The van der Waals surface area contributed by atoms with E-state index in [-0.39, 0.29) is 12.0 Å². The van der Waals surface area contributed by atoms with Crippen LogP contribution >= 0.6 is 11.8 Å². The first-order chi connectivity index (χ1) is 5.59. The SMILES string of the molecule is CSCCNC(C)C(C)C(=O)O. The van der Waals surface area contributed by atoms with Crippen LogP contribution in [0.2, 0.25) is 0 Å². The Morgan fingerprint density at radius 1 is 1.58 bits per heavy atom.